The molecule has 0 saturated heterocycles. The van der Waals surface area contributed by atoms with Crippen molar-refractivity contribution in [1.29, 1.82) is 0 Å². The second-order valence-corrected chi connectivity index (χ2v) is 3.69. The zero-order valence-corrected chi connectivity index (χ0v) is 9.71. The van der Waals surface area contributed by atoms with E-state index in [0.29, 0.717) is 0 Å². The van der Waals surface area contributed by atoms with Crippen molar-refractivity contribution < 1.29 is 18.7 Å². The average Bonchev–Trinajstić information content (AvgIpc) is 2.71. The number of hydrogen-bond acceptors (Lipinski definition) is 5. The summed E-state index contributed by atoms with van der Waals surface area (Å²) in [6, 6.07) is 2.54. The van der Waals surface area contributed by atoms with E-state index in [1.165, 1.54) is 19.2 Å². The predicted octanol–water partition coefficient (Wildman–Crippen LogP) is 1.10. The van der Waals surface area contributed by atoms with Gasteiger partial charge in [0.2, 0.25) is 0 Å². The number of alkyl halides is 2. The molecule has 7 nitrogen and oxygen atoms in total. The first kappa shape index (κ1) is 12.9. The topological polar surface area (TPSA) is 107 Å². The van der Waals surface area contributed by atoms with E-state index in [1.54, 1.807) is 0 Å². The summed E-state index contributed by atoms with van der Waals surface area (Å²) in [7, 11) is 1.38. The first-order valence-electron chi connectivity index (χ1n) is 5.09. The van der Waals surface area contributed by atoms with Crippen molar-refractivity contribution in [3.05, 3.63) is 23.5 Å². The lowest BCUT2D eigenvalue weighted by Gasteiger charge is -2.05. The van der Waals surface area contributed by atoms with E-state index in [2.05, 4.69) is 15.3 Å². The second-order valence-electron chi connectivity index (χ2n) is 3.69. The molecule has 0 fully saturated rings. The van der Waals surface area contributed by atoms with Crippen molar-refractivity contribution in [3.63, 3.8) is 0 Å². The number of rotatable bonds is 3. The fraction of sp³-hybridized carbons (Fsp3) is 0.200. The molecule has 0 aromatic carbocycles. The summed E-state index contributed by atoms with van der Waals surface area (Å²) in [5.74, 6) is -1.28. The van der Waals surface area contributed by atoms with Gasteiger partial charge in [-0.1, -0.05) is 5.21 Å². The van der Waals surface area contributed by atoms with Crippen LogP contribution in [0.25, 0.3) is 11.4 Å². The number of aromatic carboxylic acids is 1. The Hall–Kier alpha value is -2.58. The van der Waals surface area contributed by atoms with E-state index in [1.807, 2.05) is 0 Å². The Morgan fingerprint density at radius 3 is 2.74 bits per heavy atom. The number of carboxylic acid groups (broad SMARTS) is 1. The van der Waals surface area contributed by atoms with Gasteiger partial charge in [0.15, 0.2) is 5.69 Å². The van der Waals surface area contributed by atoms with Gasteiger partial charge >= 0.3 is 5.97 Å². The lowest BCUT2D eigenvalue weighted by molar-refractivity contribution is 0.0686. The fourth-order valence-electron chi connectivity index (χ4n) is 1.56. The summed E-state index contributed by atoms with van der Waals surface area (Å²) in [6.45, 7) is 0. The molecule has 19 heavy (non-hydrogen) atoms. The molecular formula is C10H9F2N5O2. The lowest BCUT2D eigenvalue weighted by Crippen LogP contribution is -2.07. The van der Waals surface area contributed by atoms with Crippen LogP contribution in [-0.2, 0) is 7.05 Å². The highest BCUT2D eigenvalue weighted by Crippen LogP contribution is 2.27. The molecule has 2 aromatic heterocycles. The van der Waals surface area contributed by atoms with Crippen LogP contribution in [0, 0.1) is 0 Å². The summed E-state index contributed by atoms with van der Waals surface area (Å²) in [5, 5.41) is 16.2. The molecule has 2 aromatic rings. The number of carbonyl (C=O) groups is 1. The third-order valence-corrected chi connectivity index (χ3v) is 2.44. The van der Waals surface area contributed by atoms with Gasteiger partial charge in [0, 0.05) is 7.05 Å². The molecule has 2 heterocycles. The van der Waals surface area contributed by atoms with Crippen molar-refractivity contribution in [2.75, 3.05) is 5.73 Å². The van der Waals surface area contributed by atoms with E-state index in [-0.39, 0.29) is 22.8 Å². The predicted molar refractivity (Wildman–Crippen MR) is 60.6 cm³/mol. The van der Waals surface area contributed by atoms with Crippen molar-refractivity contribution >= 4 is 11.7 Å². The summed E-state index contributed by atoms with van der Waals surface area (Å²) in [4.78, 5) is 14.7. The Bertz CT molecular complexity index is 641. The SMILES string of the molecule is Cn1nnc(-c2ccc(N)c(C(F)F)n2)c1C(=O)O. The Labute approximate surface area is 105 Å². The van der Waals surface area contributed by atoms with Crippen LogP contribution in [-0.4, -0.2) is 31.1 Å². The number of anilines is 1. The highest BCUT2D eigenvalue weighted by Gasteiger charge is 2.22. The highest BCUT2D eigenvalue weighted by molar-refractivity contribution is 5.92. The molecule has 0 aliphatic heterocycles. The van der Waals surface area contributed by atoms with Crippen LogP contribution in [0.2, 0.25) is 0 Å². The minimum Gasteiger partial charge on any atom is -0.476 e. The summed E-state index contributed by atoms with van der Waals surface area (Å²) in [6.07, 6.45) is -2.86. The molecular weight excluding hydrogens is 260 g/mol. The molecule has 0 unspecified atom stereocenters. The van der Waals surface area contributed by atoms with E-state index in [4.69, 9.17) is 10.8 Å². The van der Waals surface area contributed by atoms with Crippen LogP contribution in [0.3, 0.4) is 0 Å². The van der Waals surface area contributed by atoms with Gasteiger partial charge in [-0.3, -0.25) is 0 Å². The molecule has 0 aliphatic carbocycles. The van der Waals surface area contributed by atoms with Crippen LogP contribution in [0.5, 0.6) is 0 Å². The fourth-order valence-corrected chi connectivity index (χ4v) is 1.56. The van der Waals surface area contributed by atoms with Gasteiger partial charge in [-0.05, 0) is 12.1 Å². The number of nitrogens with two attached hydrogens (primary N) is 1. The number of nitrogens with zero attached hydrogens (tertiary/aromatic N) is 4. The number of pyridine rings is 1. The van der Waals surface area contributed by atoms with E-state index >= 15 is 0 Å². The van der Waals surface area contributed by atoms with Gasteiger partial charge in [0.25, 0.3) is 6.43 Å². The average molecular weight is 269 g/mol. The third-order valence-electron chi connectivity index (χ3n) is 2.44. The summed E-state index contributed by atoms with van der Waals surface area (Å²) >= 11 is 0. The smallest absolute Gasteiger partial charge is 0.356 e. The minimum atomic E-state index is -2.86. The van der Waals surface area contributed by atoms with E-state index in [9.17, 15) is 13.6 Å². The Kier molecular flexibility index (Phi) is 3.11. The van der Waals surface area contributed by atoms with Crippen LogP contribution >= 0.6 is 0 Å². The maximum atomic E-state index is 12.7. The Morgan fingerprint density at radius 1 is 1.47 bits per heavy atom. The maximum absolute atomic E-state index is 12.7. The lowest BCUT2D eigenvalue weighted by atomic mass is 10.2. The van der Waals surface area contributed by atoms with Crippen LogP contribution < -0.4 is 5.73 Å². The molecule has 0 bridgehead atoms. The minimum absolute atomic E-state index is 0.0185. The standard InChI is InChI=1S/C10H9F2N5O2/c1-17-8(10(18)19)7(15-16-17)5-3-2-4(13)6(14-5)9(11)12/h2-3,9H,13H2,1H3,(H,18,19). The highest BCUT2D eigenvalue weighted by atomic mass is 19.3. The molecule has 100 valence electrons. The molecule has 0 amide bonds. The largest absolute Gasteiger partial charge is 0.476 e. The second kappa shape index (κ2) is 4.59. The molecule has 9 heteroatoms. The van der Waals surface area contributed by atoms with E-state index in [0.717, 1.165) is 4.68 Å². The van der Waals surface area contributed by atoms with Crippen molar-refractivity contribution in [2.24, 2.45) is 7.05 Å². The normalized spacial score (nSPS) is 10.9. The number of halogens is 2. The molecule has 3 N–H and O–H groups in total. The zero-order valence-electron chi connectivity index (χ0n) is 9.71. The van der Waals surface area contributed by atoms with Gasteiger partial charge in [-0.15, -0.1) is 5.10 Å². The number of carboxylic acids is 1. The van der Waals surface area contributed by atoms with Gasteiger partial charge in [0.1, 0.15) is 11.4 Å². The number of nitrogen functional groups attached to an aromatic ring is 1. The van der Waals surface area contributed by atoms with Crippen LogP contribution in [0.15, 0.2) is 12.1 Å². The quantitative estimate of drug-likeness (QED) is 0.863. The van der Waals surface area contributed by atoms with Gasteiger partial charge in [-0.2, -0.15) is 0 Å². The monoisotopic (exact) mass is 269 g/mol. The Morgan fingerprint density at radius 2 is 2.16 bits per heavy atom. The van der Waals surface area contributed by atoms with Gasteiger partial charge in [-0.25, -0.2) is 23.2 Å². The van der Waals surface area contributed by atoms with E-state index < -0.39 is 18.1 Å². The molecule has 0 radical (unpaired) electrons. The third kappa shape index (κ3) is 2.21. The number of hydrogen-bond donors (Lipinski definition) is 2. The molecule has 0 spiro atoms. The molecule has 2 rings (SSSR count). The molecule has 0 saturated carbocycles. The summed E-state index contributed by atoms with van der Waals surface area (Å²) < 4.78 is 26.4. The van der Waals surface area contributed by atoms with Crippen molar-refractivity contribution in [3.8, 4) is 11.4 Å². The van der Waals surface area contributed by atoms with Crippen LogP contribution in [0.1, 0.15) is 22.6 Å². The van der Waals surface area contributed by atoms with Gasteiger partial charge in [0.05, 0.1) is 11.4 Å². The van der Waals surface area contributed by atoms with Crippen molar-refractivity contribution in [1.82, 2.24) is 20.0 Å². The maximum Gasteiger partial charge on any atom is 0.356 e. The zero-order chi connectivity index (χ0) is 14.2. The Balaban J connectivity index is 2.60. The van der Waals surface area contributed by atoms with Crippen molar-refractivity contribution in [2.45, 2.75) is 6.43 Å². The first-order valence-corrected chi connectivity index (χ1v) is 5.09. The van der Waals surface area contributed by atoms with Gasteiger partial charge < -0.3 is 10.8 Å². The number of aryl methyl sites for hydroxylation is 1. The molecule has 0 atom stereocenters. The first-order chi connectivity index (χ1) is 8.91. The number of aromatic nitrogens is 4. The van der Waals surface area contributed by atoms with Crippen LogP contribution in [0.4, 0.5) is 14.5 Å². The summed E-state index contributed by atoms with van der Waals surface area (Å²) in [5.41, 5.74) is 4.25. The molecule has 0 aliphatic rings.